The molecule has 2 heterocycles. The second-order valence-corrected chi connectivity index (χ2v) is 10.5. The van der Waals surface area contributed by atoms with Gasteiger partial charge in [-0.3, -0.25) is 29.4 Å². The van der Waals surface area contributed by atoms with Gasteiger partial charge in [0.05, 0.1) is 19.6 Å². The predicted octanol–water partition coefficient (Wildman–Crippen LogP) is 3.47. The second kappa shape index (κ2) is 16.6. The fourth-order valence-corrected chi connectivity index (χ4v) is 4.65. The van der Waals surface area contributed by atoms with E-state index in [-0.39, 0.29) is 29.4 Å². The number of carbonyl (C=O) groups excluding carboxylic acids is 4. The maximum Gasteiger partial charge on any atom is 0.229 e. The molecule has 0 saturated carbocycles. The van der Waals surface area contributed by atoms with Gasteiger partial charge in [-0.15, -0.1) is 0 Å². The lowest BCUT2D eigenvalue weighted by atomic mass is 9.98. The molecule has 2 saturated heterocycles. The van der Waals surface area contributed by atoms with Gasteiger partial charge in [0, 0.05) is 44.1 Å². The molecule has 41 heavy (non-hydrogen) atoms. The van der Waals surface area contributed by atoms with Crippen molar-refractivity contribution in [2.75, 3.05) is 39.5 Å². The first-order valence-electron chi connectivity index (χ1n) is 14.5. The number of piperidine rings is 1. The Labute approximate surface area is 243 Å². The largest absolute Gasteiger partial charge is 0.492 e. The molecule has 0 radical (unpaired) electrons. The summed E-state index contributed by atoms with van der Waals surface area (Å²) in [6.45, 7) is 11.0. The van der Waals surface area contributed by atoms with Crippen LogP contribution in [0.15, 0.2) is 42.5 Å². The SMILES string of the molecule is CC1CCC(=O)NC1=O.CCCc1cc(CNC(=O)Cc2ccc(OCCN3CCOCC3)cc2)ccc1C(C)=O. The van der Waals surface area contributed by atoms with Gasteiger partial charge >= 0.3 is 0 Å². The number of ether oxygens (including phenoxy) is 2. The number of rotatable bonds is 11. The Morgan fingerprint density at radius 1 is 1.07 bits per heavy atom. The van der Waals surface area contributed by atoms with Crippen LogP contribution in [0.4, 0.5) is 0 Å². The summed E-state index contributed by atoms with van der Waals surface area (Å²) in [6, 6.07) is 13.5. The zero-order valence-corrected chi connectivity index (χ0v) is 24.5. The molecule has 2 aliphatic heterocycles. The summed E-state index contributed by atoms with van der Waals surface area (Å²) in [7, 11) is 0. The van der Waals surface area contributed by atoms with E-state index in [0.29, 0.717) is 32.4 Å². The summed E-state index contributed by atoms with van der Waals surface area (Å²) < 4.78 is 11.2. The van der Waals surface area contributed by atoms with Crippen LogP contribution in [-0.4, -0.2) is 67.9 Å². The van der Waals surface area contributed by atoms with E-state index in [4.69, 9.17) is 9.47 Å². The predicted molar refractivity (Wildman–Crippen MR) is 157 cm³/mol. The average Bonchev–Trinajstić information content (AvgIpc) is 2.96. The van der Waals surface area contributed by atoms with Crippen LogP contribution in [0.1, 0.15) is 67.1 Å². The smallest absolute Gasteiger partial charge is 0.229 e. The third-order valence-electron chi connectivity index (χ3n) is 7.14. The molecule has 1 unspecified atom stereocenters. The number of hydrogen-bond acceptors (Lipinski definition) is 7. The fourth-order valence-electron chi connectivity index (χ4n) is 4.65. The molecule has 2 aromatic carbocycles. The number of Topliss-reactive ketones (excluding diaryl/α,β-unsaturated/α-hetero) is 1. The van der Waals surface area contributed by atoms with Crippen molar-refractivity contribution < 1.29 is 28.7 Å². The summed E-state index contributed by atoms with van der Waals surface area (Å²) in [4.78, 5) is 47.7. The number of aryl methyl sites for hydroxylation is 1. The maximum atomic E-state index is 12.4. The summed E-state index contributed by atoms with van der Waals surface area (Å²) in [6.07, 6.45) is 3.35. The van der Waals surface area contributed by atoms with Crippen LogP contribution < -0.4 is 15.4 Å². The van der Waals surface area contributed by atoms with E-state index in [9.17, 15) is 19.2 Å². The molecule has 2 aromatic rings. The molecule has 222 valence electrons. The third-order valence-corrected chi connectivity index (χ3v) is 7.14. The molecule has 2 fully saturated rings. The normalized spacial score (nSPS) is 17.2. The minimum Gasteiger partial charge on any atom is -0.492 e. The van der Waals surface area contributed by atoms with Crippen LogP contribution >= 0.6 is 0 Å². The van der Waals surface area contributed by atoms with Crippen molar-refractivity contribution in [3.63, 3.8) is 0 Å². The van der Waals surface area contributed by atoms with Crippen LogP contribution in [0.2, 0.25) is 0 Å². The van der Waals surface area contributed by atoms with Crippen LogP contribution in [0.25, 0.3) is 0 Å². The van der Waals surface area contributed by atoms with Gasteiger partial charge in [0.2, 0.25) is 17.7 Å². The van der Waals surface area contributed by atoms with Crippen LogP contribution in [0.5, 0.6) is 5.75 Å². The first kappa shape index (κ1) is 32.0. The molecule has 2 aliphatic rings. The van der Waals surface area contributed by atoms with E-state index in [1.54, 1.807) is 6.92 Å². The van der Waals surface area contributed by atoms with E-state index in [2.05, 4.69) is 22.5 Å². The lowest BCUT2D eigenvalue weighted by Crippen LogP contribution is -2.39. The van der Waals surface area contributed by atoms with Crippen molar-refractivity contribution in [2.24, 2.45) is 5.92 Å². The van der Waals surface area contributed by atoms with E-state index in [1.165, 1.54) is 0 Å². The number of hydrogen-bond donors (Lipinski definition) is 2. The van der Waals surface area contributed by atoms with Crippen LogP contribution in [0.3, 0.4) is 0 Å². The number of benzene rings is 2. The van der Waals surface area contributed by atoms with Gasteiger partial charge in [0.15, 0.2) is 5.78 Å². The van der Waals surface area contributed by atoms with Crippen molar-refractivity contribution in [3.05, 3.63) is 64.7 Å². The van der Waals surface area contributed by atoms with Crippen molar-refractivity contribution in [2.45, 2.75) is 59.4 Å². The highest BCUT2D eigenvalue weighted by molar-refractivity contribution is 5.98. The average molecular weight is 566 g/mol. The molecule has 1 atom stereocenters. The van der Waals surface area contributed by atoms with Gasteiger partial charge in [-0.1, -0.05) is 50.6 Å². The molecule has 9 nitrogen and oxygen atoms in total. The van der Waals surface area contributed by atoms with Gasteiger partial charge in [-0.25, -0.2) is 0 Å². The van der Waals surface area contributed by atoms with Crippen LogP contribution in [-0.2, 0) is 38.5 Å². The first-order chi connectivity index (χ1) is 19.7. The number of ketones is 1. The summed E-state index contributed by atoms with van der Waals surface area (Å²) >= 11 is 0. The summed E-state index contributed by atoms with van der Waals surface area (Å²) in [5.41, 5.74) is 3.78. The highest BCUT2D eigenvalue weighted by Crippen LogP contribution is 2.16. The quantitative estimate of drug-likeness (QED) is 0.317. The van der Waals surface area contributed by atoms with Crippen molar-refractivity contribution in [1.29, 1.82) is 0 Å². The zero-order chi connectivity index (χ0) is 29.6. The van der Waals surface area contributed by atoms with E-state index in [1.807, 2.05) is 49.4 Å². The molecule has 3 amide bonds. The topological polar surface area (TPSA) is 114 Å². The number of morpholine rings is 1. The van der Waals surface area contributed by atoms with E-state index >= 15 is 0 Å². The Morgan fingerprint density at radius 3 is 2.41 bits per heavy atom. The molecular formula is C32H43N3O6. The second-order valence-electron chi connectivity index (χ2n) is 10.5. The van der Waals surface area contributed by atoms with Crippen molar-refractivity contribution >= 4 is 23.5 Å². The zero-order valence-electron chi connectivity index (χ0n) is 24.5. The number of carbonyl (C=O) groups is 4. The molecule has 4 rings (SSSR count). The molecule has 0 aliphatic carbocycles. The molecule has 0 bridgehead atoms. The van der Waals surface area contributed by atoms with Crippen molar-refractivity contribution in [1.82, 2.24) is 15.5 Å². The lowest BCUT2D eigenvalue weighted by molar-refractivity contribution is -0.135. The number of imide groups is 1. The van der Waals surface area contributed by atoms with E-state index in [0.717, 1.165) is 73.7 Å². The van der Waals surface area contributed by atoms with Gasteiger partial charge in [-0.2, -0.15) is 0 Å². The third kappa shape index (κ3) is 11.1. The molecule has 0 aromatic heterocycles. The molecule has 2 N–H and O–H groups in total. The van der Waals surface area contributed by atoms with Crippen LogP contribution in [0, 0.1) is 5.92 Å². The standard InChI is InChI=1S/C26H34N2O4.C6H9NO2/c1-3-4-23-17-22(7-10-25(23)20(2)29)19-27-26(30)18-21-5-8-24(9-6-21)32-16-13-28-11-14-31-15-12-28;1-4-2-3-5(8)7-6(4)9/h5-10,17H,3-4,11-16,18-19H2,1-2H3,(H,27,30);4H,2-3H2,1H3,(H,7,8,9). The summed E-state index contributed by atoms with van der Waals surface area (Å²) in [5, 5.41) is 5.23. The molecule has 0 spiro atoms. The highest BCUT2D eigenvalue weighted by atomic mass is 16.5. The van der Waals surface area contributed by atoms with Crippen molar-refractivity contribution in [3.8, 4) is 5.75 Å². The van der Waals surface area contributed by atoms with Gasteiger partial charge in [-0.05, 0) is 48.6 Å². The number of nitrogens with zero attached hydrogens (tertiary/aromatic N) is 1. The Bertz CT molecular complexity index is 1170. The Hall–Kier alpha value is -3.56. The fraction of sp³-hybridized carbons (Fsp3) is 0.500. The minimum absolute atomic E-state index is 0.0164. The number of nitrogens with one attached hydrogen (secondary N) is 2. The Morgan fingerprint density at radius 2 is 1.78 bits per heavy atom. The first-order valence-corrected chi connectivity index (χ1v) is 14.5. The lowest BCUT2D eigenvalue weighted by Gasteiger charge is -2.26. The van der Waals surface area contributed by atoms with Gasteiger partial charge < -0.3 is 14.8 Å². The molecule has 9 heteroatoms. The summed E-state index contributed by atoms with van der Waals surface area (Å²) in [5.74, 6) is 0.611. The monoisotopic (exact) mass is 565 g/mol. The van der Waals surface area contributed by atoms with E-state index < -0.39 is 0 Å². The Balaban J connectivity index is 0.000000436. The molecular weight excluding hydrogens is 522 g/mol. The van der Waals surface area contributed by atoms with Gasteiger partial charge in [0.25, 0.3) is 0 Å². The Kier molecular flexibility index (Phi) is 13.0. The highest BCUT2D eigenvalue weighted by Gasteiger charge is 2.21. The van der Waals surface area contributed by atoms with Gasteiger partial charge in [0.1, 0.15) is 12.4 Å². The number of amides is 3. The minimum atomic E-state index is -0.141. The maximum absolute atomic E-state index is 12.4.